The molecule has 0 saturated carbocycles. The summed E-state index contributed by atoms with van der Waals surface area (Å²) >= 11 is 0. The fraction of sp³-hybridized carbons (Fsp3) is 0.900. The Labute approximate surface area is 122 Å². The third-order valence-corrected chi connectivity index (χ3v) is 5.02. The van der Waals surface area contributed by atoms with Gasteiger partial charge in [-0.3, -0.25) is 8.37 Å². The second-order valence-corrected chi connectivity index (χ2v) is 8.04. The van der Waals surface area contributed by atoms with Gasteiger partial charge in [-0.25, -0.2) is 4.79 Å². The van der Waals surface area contributed by atoms with E-state index in [1.807, 2.05) is 0 Å². The van der Waals surface area contributed by atoms with Crippen LogP contribution in [0, 0.1) is 0 Å². The van der Waals surface area contributed by atoms with Crippen LogP contribution >= 0.6 is 21.7 Å². The first kappa shape index (κ1) is 19.9. The Kier molecular flexibility index (Phi) is 9.02. The molecule has 0 aliphatic heterocycles. The van der Waals surface area contributed by atoms with Gasteiger partial charge in [0, 0.05) is 11.5 Å². The predicted octanol–water partition coefficient (Wildman–Crippen LogP) is 3.01. The molecule has 0 spiro atoms. The summed E-state index contributed by atoms with van der Waals surface area (Å²) in [5, 5.41) is 8.91. The minimum atomic E-state index is -3.32. The molecule has 0 rings (SSSR count). The first-order valence-corrected chi connectivity index (χ1v) is 9.49. The van der Waals surface area contributed by atoms with Crippen LogP contribution in [-0.2, 0) is 13.2 Å². The summed E-state index contributed by atoms with van der Waals surface area (Å²) in [6.45, 7) is 3.16. The van der Waals surface area contributed by atoms with Crippen molar-refractivity contribution in [3.63, 3.8) is 0 Å². The van der Waals surface area contributed by atoms with Crippen molar-refractivity contribution in [3.05, 3.63) is 0 Å². The van der Waals surface area contributed by atoms with E-state index in [-0.39, 0.29) is 24.5 Å². The second-order valence-electron chi connectivity index (χ2n) is 4.03. The van der Waals surface area contributed by atoms with Crippen LogP contribution in [0.5, 0.6) is 0 Å². The molecule has 0 aromatic heterocycles. The van der Waals surface area contributed by atoms with Gasteiger partial charge in [-0.1, -0.05) is 13.8 Å². The Morgan fingerprint density at radius 2 is 1.60 bits per heavy atom. The van der Waals surface area contributed by atoms with Crippen LogP contribution in [0.1, 0.15) is 33.1 Å². The van der Waals surface area contributed by atoms with E-state index < -0.39 is 33.8 Å². The number of unbranched alkanes of at least 4 members (excludes halogenated alkanes) is 1. The summed E-state index contributed by atoms with van der Waals surface area (Å²) in [6.07, 6.45) is -0.421. The Bertz CT molecular complexity index is 297. The minimum absolute atomic E-state index is 0.0721. The van der Waals surface area contributed by atoms with E-state index in [1.165, 1.54) is 6.92 Å². The molecule has 0 radical (unpaired) electrons. The molecule has 0 aliphatic carbocycles. The van der Waals surface area contributed by atoms with Gasteiger partial charge in [-0.2, -0.15) is 0 Å². The highest BCUT2D eigenvalue weighted by Gasteiger charge is 2.27. The van der Waals surface area contributed by atoms with Crippen LogP contribution in [0.4, 0.5) is 0 Å². The van der Waals surface area contributed by atoms with Gasteiger partial charge in [0.05, 0.1) is 28.3 Å². The zero-order chi connectivity index (χ0) is 15.8. The van der Waals surface area contributed by atoms with E-state index >= 15 is 0 Å². The maximum atomic E-state index is 10.9. The molecule has 0 aliphatic rings. The molecular formula is C10H24O8S2. The summed E-state index contributed by atoms with van der Waals surface area (Å²) < 4.78 is 46.8. The Morgan fingerprint density at radius 1 is 1.05 bits per heavy atom. The van der Waals surface area contributed by atoms with Crippen molar-refractivity contribution >= 4 is 27.7 Å². The fourth-order valence-corrected chi connectivity index (χ4v) is 2.41. The van der Waals surface area contributed by atoms with Crippen molar-refractivity contribution in [2.24, 2.45) is 0 Å². The lowest BCUT2D eigenvalue weighted by atomic mass is 10.1. The summed E-state index contributed by atoms with van der Waals surface area (Å²) in [6, 6.07) is 0. The number of aliphatic carboxylic acids is 1. The average molecular weight is 336 g/mol. The SMILES string of the molecule is CCS(O)(O)OCCCCC(OS(O)(O)CC)C(=O)O. The minimum Gasteiger partial charge on any atom is -0.479 e. The maximum Gasteiger partial charge on any atom is 0.334 e. The van der Waals surface area contributed by atoms with Crippen molar-refractivity contribution in [3.8, 4) is 0 Å². The van der Waals surface area contributed by atoms with E-state index in [0.717, 1.165) is 0 Å². The Morgan fingerprint density at radius 3 is 2.05 bits per heavy atom. The number of hydrogen-bond donors (Lipinski definition) is 5. The molecule has 124 valence electrons. The van der Waals surface area contributed by atoms with E-state index in [0.29, 0.717) is 12.8 Å². The van der Waals surface area contributed by atoms with E-state index in [1.54, 1.807) is 6.92 Å². The molecular weight excluding hydrogens is 312 g/mol. The number of carboxylic acid groups (broad SMARTS) is 1. The zero-order valence-electron chi connectivity index (χ0n) is 11.6. The molecule has 0 aromatic rings. The van der Waals surface area contributed by atoms with Gasteiger partial charge in [0.2, 0.25) is 0 Å². The van der Waals surface area contributed by atoms with E-state index in [2.05, 4.69) is 0 Å². The molecule has 0 bridgehead atoms. The van der Waals surface area contributed by atoms with Crippen LogP contribution in [0.25, 0.3) is 0 Å². The molecule has 8 nitrogen and oxygen atoms in total. The molecule has 10 heteroatoms. The lowest BCUT2D eigenvalue weighted by Gasteiger charge is -2.28. The van der Waals surface area contributed by atoms with Crippen molar-refractivity contribution in [2.45, 2.75) is 39.2 Å². The molecule has 20 heavy (non-hydrogen) atoms. The van der Waals surface area contributed by atoms with Crippen LogP contribution in [0.2, 0.25) is 0 Å². The Balaban J connectivity index is 4.03. The molecule has 1 atom stereocenters. The lowest BCUT2D eigenvalue weighted by Crippen LogP contribution is -2.26. The third kappa shape index (κ3) is 8.97. The van der Waals surface area contributed by atoms with Crippen LogP contribution in [-0.4, -0.2) is 53.5 Å². The van der Waals surface area contributed by atoms with Gasteiger partial charge in [0.15, 0.2) is 6.10 Å². The van der Waals surface area contributed by atoms with E-state index in [4.69, 9.17) is 13.5 Å². The number of rotatable bonds is 11. The standard InChI is InChI=1S/C10H24O8S2/c1-3-19(13,14)17-8-6-5-7-9(10(11)12)18-20(15,16)4-2/h9,13-16H,3-8H2,1-2H3,(H,11,12). The first-order valence-electron chi connectivity index (χ1n) is 6.20. The van der Waals surface area contributed by atoms with Crippen LogP contribution in [0.3, 0.4) is 0 Å². The van der Waals surface area contributed by atoms with Crippen LogP contribution < -0.4 is 0 Å². The highest BCUT2D eigenvalue weighted by molar-refractivity contribution is 8.20. The molecule has 0 aromatic carbocycles. The fourth-order valence-electron chi connectivity index (χ4n) is 1.17. The number of carboxylic acids is 1. The summed E-state index contributed by atoms with van der Waals surface area (Å²) in [4.78, 5) is 10.9. The smallest absolute Gasteiger partial charge is 0.334 e. The lowest BCUT2D eigenvalue weighted by molar-refractivity contribution is -0.145. The van der Waals surface area contributed by atoms with Gasteiger partial charge in [-0.15, -0.1) is 0 Å². The van der Waals surface area contributed by atoms with Crippen LogP contribution in [0.15, 0.2) is 0 Å². The van der Waals surface area contributed by atoms with Gasteiger partial charge in [0.1, 0.15) is 0 Å². The molecule has 1 unspecified atom stereocenters. The van der Waals surface area contributed by atoms with Gasteiger partial charge < -0.3 is 23.3 Å². The summed E-state index contributed by atoms with van der Waals surface area (Å²) in [7, 11) is -6.31. The third-order valence-electron chi connectivity index (χ3n) is 2.43. The van der Waals surface area contributed by atoms with Crippen molar-refractivity contribution < 1.29 is 36.5 Å². The van der Waals surface area contributed by atoms with Crippen molar-refractivity contribution in [1.29, 1.82) is 0 Å². The van der Waals surface area contributed by atoms with Gasteiger partial charge in [-0.05, 0) is 19.3 Å². The zero-order valence-corrected chi connectivity index (χ0v) is 13.2. The van der Waals surface area contributed by atoms with Crippen molar-refractivity contribution in [2.75, 3.05) is 18.1 Å². The van der Waals surface area contributed by atoms with Gasteiger partial charge >= 0.3 is 5.97 Å². The topological polar surface area (TPSA) is 137 Å². The van der Waals surface area contributed by atoms with E-state index in [9.17, 15) is 23.0 Å². The summed E-state index contributed by atoms with van der Waals surface area (Å²) in [5.74, 6) is -1.24. The largest absolute Gasteiger partial charge is 0.479 e. The molecule has 5 N–H and O–H groups in total. The maximum absolute atomic E-state index is 10.9. The molecule has 0 saturated heterocycles. The predicted molar refractivity (Wildman–Crippen MR) is 79.1 cm³/mol. The number of hydrogen-bond acceptors (Lipinski definition) is 7. The van der Waals surface area contributed by atoms with Crippen molar-refractivity contribution in [1.82, 2.24) is 0 Å². The Hall–Kier alpha value is -0.0700. The average Bonchev–Trinajstić information content (AvgIpc) is 2.36. The highest BCUT2D eigenvalue weighted by Crippen LogP contribution is 2.41. The molecule has 0 fully saturated rings. The highest BCUT2D eigenvalue weighted by atomic mass is 32.3. The first-order chi connectivity index (χ1) is 9.13. The normalized spacial score (nSPS) is 15.9. The monoisotopic (exact) mass is 336 g/mol. The molecule has 0 heterocycles. The number of carbonyl (C=O) groups is 1. The van der Waals surface area contributed by atoms with Gasteiger partial charge in [0.25, 0.3) is 0 Å². The second kappa shape index (κ2) is 9.05. The quantitative estimate of drug-likeness (QED) is 0.363. The summed E-state index contributed by atoms with van der Waals surface area (Å²) in [5.41, 5.74) is 0. The molecule has 0 amide bonds.